The number of benzene rings is 1. The van der Waals surface area contributed by atoms with E-state index >= 15 is 0 Å². The smallest absolute Gasteiger partial charge is 0.0210 e. The van der Waals surface area contributed by atoms with Gasteiger partial charge in [0.1, 0.15) is 0 Å². The lowest BCUT2D eigenvalue weighted by Gasteiger charge is -2.14. The molecule has 0 heterocycles. The van der Waals surface area contributed by atoms with E-state index in [0.29, 0.717) is 5.92 Å². The van der Waals surface area contributed by atoms with E-state index in [1.807, 2.05) is 12.1 Å². The lowest BCUT2D eigenvalue weighted by Crippen LogP contribution is -1.96. The number of rotatable bonds is 4. The first-order valence-corrected chi connectivity index (χ1v) is 5.44. The minimum Gasteiger partial charge on any atom is -0.103 e. The molecule has 1 rings (SSSR count). The van der Waals surface area contributed by atoms with E-state index in [2.05, 4.69) is 47.6 Å². The largest absolute Gasteiger partial charge is 0.103 e. The number of allylic oxidation sites excluding steroid dienone is 1. The van der Waals surface area contributed by atoms with Crippen LogP contribution in [0.15, 0.2) is 41.4 Å². The summed E-state index contributed by atoms with van der Waals surface area (Å²) in [5.41, 5.74) is 1.39. The zero-order valence-electron chi connectivity index (χ0n) is 7.96. The van der Waals surface area contributed by atoms with Crippen molar-refractivity contribution in [1.29, 1.82) is 0 Å². The maximum atomic E-state index is 3.79. The third-order valence-electron chi connectivity index (χ3n) is 2.29. The van der Waals surface area contributed by atoms with E-state index in [-0.39, 0.29) is 0 Å². The molecule has 0 aliphatic carbocycles. The molecule has 0 N–H and O–H groups in total. The van der Waals surface area contributed by atoms with E-state index in [1.165, 1.54) is 10.0 Å². The molecular weight excluding hydrogens is 224 g/mol. The van der Waals surface area contributed by atoms with Crippen LogP contribution < -0.4 is 0 Å². The van der Waals surface area contributed by atoms with Crippen molar-refractivity contribution in [1.82, 2.24) is 0 Å². The maximum Gasteiger partial charge on any atom is 0.0210 e. The average molecular weight is 239 g/mol. The van der Waals surface area contributed by atoms with E-state index in [9.17, 15) is 0 Å². The van der Waals surface area contributed by atoms with Crippen LogP contribution in [0, 0.1) is 0 Å². The Morgan fingerprint density at radius 1 is 1.46 bits per heavy atom. The molecule has 0 spiro atoms. The summed E-state index contributed by atoms with van der Waals surface area (Å²) in [6.45, 7) is 6.00. The Labute approximate surface area is 88.8 Å². The quantitative estimate of drug-likeness (QED) is 0.677. The van der Waals surface area contributed by atoms with Gasteiger partial charge in [-0.15, -0.1) is 6.58 Å². The van der Waals surface area contributed by atoms with Gasteiger partial charge < -0.3 is 0 Å². The van der Waals surface area contributed by atoms with Crippen molar-refractivity contribution in [3.8, 4) is 0 Å². The molecule has 0 amide bonds. The predicted molar refractivity (Wildman–Crippen MR) is 62.0 cm³/mol. The number of halogens is 1. The van der Waals surface area contributed by atoms with Crippen LogP contribution in [-0.4, -0.2) is 0 Å². The van der Waals surface area contributed by atoms with Crippen LogP contribution in [0.1, 0.15) is 31.2 Å². The second-order valence-corrected chi connectivity index (χ2v) is 4.01. The molecule has 0 bridgehead atoms. The highest BCUT2D eigenvalue weighted by Gasteiger charge is 2.09. The van der Waals surface area contributed by atoms with Crippen molar-refractivity contribution >= 4 is 15.9 Å². The minimum atomic E-state index is 0.605. The summed E-state index contributed by atoms with van der Waals surface area (Å²) in [6, 6.07) is 8.42. The lowest BCUT2D eigenvalue weighted by atomic mass is 9.93. The Balaban J connectivity index is 2.90. The Bertz CT molecular complexity index is 278. The molecule has 0 aromatic heterocycles. The highest BCUT2D eigenvalue weighted by molar-refractivity contribution is 9.10. The molecule has 1 atom stereocenters. The molecule has 0 saturated carbocycles. The van der Waals surface area contributed by atoms with Crippen molar-refractivity contribution in [2.45, 2.75) is 25.7 Å². The Morgan fingerprint density at radius 2 is 2.15 bits per heavy atom. The van der Waals surface area contributed by atoms with Gasteiger partial charge in [0, 0.05) is 4.47 Å². The molecular formula is C12H15Br. The fourth-order valence-corrected chi connectivity index (χ4v) is 2.13. The molecule has 1 heteroatoms. The number of hydrogen-bond acceptors (Lipinski definition) is 0. The Morgan fingerprint density at radius 3 is 2.69 bits per heavy atom. The molecule has 0 radical (unpaired) electrons. The van der Waals surface area contributed by atoms with E-state index in [4.69, 9.17) is 0 Å². The van der Waals surface area contributed by atoms with E-state index in [1.54, 1.807) is 0 Å². The van der Waals surface area contributed by atoms with Crippen LogP contribution in [0.25, 0.3) is 0 Å². The molecule has 1 unspecified atom stereocenters. The fourth-order valence-electron chi connectivity index (χ4n) is 1.52. The van der Waals surface area contributed by atoms with Crippen molar-refractivity contribution in [2.75, 3.05) is 0 Å². The summed E-state index contributed by atoms with van der Waals surface area (Å²) in [7, 11) is 0. The first kappa shape index (κ1) is 10.5. The van der Waals surface area contributed by atoms with Gasteiger partial charge in [-0.05, 0) is 30.4 Å². The van der Waals surface area contributed by atoms with Gasteiger partial charge in [0.15, 0.2) is 0 Å². The zero-order chi connectivity index (χ0) is 9.68. The highest BCUT2D eigenvalue weighted by Crippen LogP contribution is 2.29. The Kier molecular flexibility index (Phi) is 4.23. The third-order valence-corrected chi connectivity index (χ3v) is 3.01. The summed E-state index contributed by atoms with van der Waals surface area (Å²) >= 11 is 3.57. The van der Waals surface area contributed by atoms with Gasteiger partial charge in [-0.1, -0.05) is 47.1 Å². The van der Waals surface area contributed by atoms with E-state index in [0.717, 1.165) is 12.8 Å². The van der Waals surface area contributed by atoms with Gasteiger partial charge in [-0.2, -0.15) is 0 Å². The fraction of sp³-hybridized carbons (Fsp3) is 0.333. The second-order valence-electron chi connectivity index (χ2n) is 3.15. The topological polar surface area (TPSA) is 0 Å². The normalized spacial score (nSPS) is 12.5. The highest BCUT2D eigenvalue weighted by atomic mass is 79.9. The summed E-state index contributed by atoms with van der Waals surface area (Å²) in [4.78, 5) is 0. The van der Waals surface area contributed by atoms with E-state index < -0.39 is 0 Å². The van der Waals surface area contributed by atoms with Crippen LogP contribution in [0.2, 0.25) is 0 Å². The molecule has 1 aromatic carbocycles. The molecule has 1 aromatic rings. The van der Waals surface area contributed by atoms with Crippen LogP contribution in [-0.2, 0) is 0 Å². The molecule has 13 heavy (non-hydrogen) atoms. The van der Waals surface area contributed by atoms with Gasteiger partial charge >= 0.3 is 0 Å². The lowest BCUT2D eigenvalue weighted by molar-refractivity contribution is 0.672. The molecule has 0 nitrogen and oxygen atoms in total. The first-order valence-electron chi connectivity index (χ1n) is 4.65. The number of hydrogen-bond donors (Lipinski definition) is 0. The molecule has 0 saturated heterocycles. The van der Waals surface area contributed by atoms with Crippen molar-refractivity contribution in [3.63, 3.8) is 0 Å². The van der Waals surface area contributed by atoms with Gasteiger partial charge in [0.05, 0.1) is 0 Å². The Hall–Kier alpha value is -0.560. The third kappa shape index (κ3) is 2.70. The van der Waals surface area contributed by atoms with Gasteiger partial charge in [0.25, 0.3) is 0 Å². The zero-order valence-corrected chi connectivity index (χ0v) is 9.55. The van der Waals surface area contributed by atoms with Crippen molar-refractivity contribution in [3.05, 3.63) is 47.0 Å². The molecule has 0 aliphatic rings. The standard InChI is InChI=1S/C12H15Br/c1-3-7-10(4-2)11-8-5-6-9-12(11)13/h3,5-6,8-10H,1,4,7H2,2H3. The average Bonchev–Trinajstić information content (AvgIpc) is 2.16. The second kappa shape index (κ2) is 5.23. The summed E-state index contributed by atoms with van der Waals surface area (Å²) in [5, 5.41) is 0. The predicted octanol–water partition coefficient (Wildman–Crippen LogP) is 4.52. The summed E-state index contributed by atoms with van der Waals surface area (Å²) in [5.74, 6) is 0.605. The van der Waals surface area contributed by atoms with Crippen LogP contribution in [0.5, 0.6) is 0 Å². The maximum absolute atomic E-state index is 3.79. The van der Waals surface area contributed by atoms with Crippen LogP contribution in [0.4, 0.5) is 0 Å². The summed E-state index contributed by atoms with van der Waals surface area (Å²) in [6.07, 6.45) is 4.21. The molecule has 0 fully saturated rings. The SMILES string of the molecule is C=CCC(CC)c1ccccc1Br. The monoisotopic (exact) mass is 238 g/mol. The van der Waals surface area contributed by atoms with Crippen LogP contribution in [0.3, 0.4) is 0 Å². The summed E-state index contributed by atoms with van der Waals surface area (Å²) < 4.78 is 1.21. The van der Waals surface area contributed by atoms with Gasteiger partial charge in [0.2, 0.25) is 0 Å². The van der Waals surface area contributed by atoms with Gasteiger partial charge in [-0.25, -0.2) is 0 Å². The minimum absolute atomic E-state index is 0.605. The van der Waals surface area contributed by atoms with Crippen molar-refractivity contribution in [2.24, 2.45) is 0 Å². The van der Waals surface area contributed by atoms with Crippen molar-refractivity contribution < 1.29 is 0 Å². The molecule has 0 aliphatic heterocycles. The molecule has 70 valence electrons. The van der Waals surface area contributed by atoms with Gasteiger partial charge in [-0.3, -0.25) is 0 Å². The van der Waals surface area contributed by atoms with Crippen LogP contribution >= 0.6 is 15.9 Å². The first-order chi connectivity index (χ1) is 6.29.